The third-order valence-electron chi connectivity index (χ3n) is 3.98. The minimum absolute atomic E-state index is 0.00216. The normalized spacial score (nSPS) is 18.0. The predicted molar refractivity (Wildman–Crippen MR) is 81.4 cm³/mol. The number of rotatable bonds is 5. The van der Waals surface area contributed by atoms with E-state index in [0.29, 0.717) is 23.8 Å². The first-order valence-corrected chi connectivity index (χ1v) is 7.53. The summed E-state index contributed by atoms with van der Waals surface area (Å²) in [6, 6.07) is 1.77. The number of hydrogen-bond acceptors (Lipinski definition) is 3. The maximum atomic E-state index is 14.6. The highest BCUT2D eigenvalue weighted by atomic mass is 19.1. The number of anilines is 1. The van der Waals surface area contributed by atoms with E-state index in [-0.39, 0.29) is 11.4 Å². The van der Waals surface area contributed by atoms with Gasteiger partial charge in [0.1, 0.15) is 0 Å². The van der Waals surface area contributed by atoms with Gasteiger partial charge in [-0.15, -0.1) is 0 Å². The van der Waals surface area contributed by atoms with Gasteiger partial charge in [0, 0.05) is 30.4 Å². The van der Waals surface area contributed by atoms with E-state index in [1.54, 1.807) is 12.3 Å². The largest absolute Gasteiger partial charge is 0.349 e. The standard InChI is InChI=1S/C16H26FN3/c1-12(2)10-18-11-13-6-8-19-15(14(13)17)20-9-5-7-16(20,3)4/h6,8,12,18H,5,7,9-11H2,1-4H3. The predicted octanol–water partition coefficient (Wildman–Crippen LogP) is 3.35. The van der Waals surface area contributed by atoms with Gasteiger partial charge in [-0.3, -0.25) is 0 Å². The van der Waals surface area contributed by atoms with Gasteiger partial charge in [-0.05, 0) is 45.2 Å². The third-order valence-corrected chi connectivity index (χ3v) is 3.98. The molecule has 1 aromatic rings. The van der Waals surface area contributed by atoms with E-state index in [1.807, 2.05) is 0 Å². The number of pyridine rings is 1. The maximum Gasteiger partial charge on any atom is 0.170 e. The lowest BCUT2D eigenvalue weighted by atomic mass is 10.0. The zero-order valence-electron chi connectivity index (χ0n) is 13.0. The maximum absolute atomic E-state index is 14.6. The molecule has 112 valence electrons. The number of nitrogens with one attached hydrogen (secondary N) is 1. The summed E-state index contributed by atoms with van der Waals surface area (Å²) >= 11 is 0. The first-order chi connectivity index (χ1) is 9.42. The van der Waals surface area contributed by atoms with Gasteiger partial charge in [-0.25, -0.2) is 9.37 Å². The molecule has 3 nitrogen and oxygen atoms in total. The van der Waals surface area contributed by atoms with Gasteiger partial charge in [0.05, 0.1) is 0 Å². The molecule has 0 aromatic carbocycles. The molecule has 0 saturated carbocycles. The van der Waals surface area contributed by atoms with Crippen molar-refractivity contribution in [3.05, 3.63) is 23.6 Å². The Morgan fingerprint density at radius 1 is 1.45 bits per heavy atom. The molecule has 4 heteroatoms. The Hall–Kier alpha value is -1.16. The molecule has 0 atom stereocenters. The van der Waals surface area contributed by atoms with E-state index >= 15 is 0 Å². The van der Waals surface area contributed by atoms with Crippen LogP contribution in [0.25, 0.3) is 0 Å². The summed E-state index contributed by atoms with van der Waals surface area (Å²) in [5.74, 6) is 0.909. The Morgan fingerprint density at radius 2 is 2.20 bits per heavy atom. The molecule has 1 aliphatic heterocycles. The fraction of sp³-hybridized carbons (Fsp3) is 0.688. The van der Waals surface area contributed by atoms with E-state index in [1.165, 1.54) is 0 Å². The fourth-order valence-corrected chi connectivity index (χ4v) is 2.79. The van der Waals surface area contributed by atoms with Crippen LogP contribution in [-0.2, 0) is 6.54 Å². The van der Waals surface area contributed by atoms with Gasteiger partial charge < -0.3 is 10.2 Å². The van der Waals surface area contributed by atoms with Gasteiger partial charge in [-0.1, -0.05) is 13.8 Å². The van der Waals surface area contributed by atoms with E-state index in [9.17, 15) is 4.39 Å². The lowest BCUT2D eigenvalue weighted by Gasteiger charge is -2.33. The monoisotopic (exact) mass is 279 g/mol. The second kappa shape index (κ2) is 6.08. The van der Waals surface area contributed by atoms with Crippen molar-refractivity contribution in [3.63, 3.8) is 0 Å². The lowest BCUT2D eigenvalue weighted by Crippen LogP contribution is -2.39. The number of halogens is 1. The molecule has 1 fully saturated rings. The molecule has 0 unspecified atom stereocenters. The van der Waals surface area contributed by atoms with Gasteiger partial charge in [0.2, 0.25) is 0 Å². The van der Waals surface area contributed by atoms with Crippen LogP contribution in [0, 0.1) is 11.7 Å². The molecule has 2 heterocycles. The molecule has 0 spiro atoms. The molecule has 0 aliphatic carbocycles. The summed E-state index contributed by atoms with van der Waals surface area (Å²) in [7, 11) is 0. The van der Waals surface area contributed by atoms with Crippen molar-refractivity contribution >= 4 is 5.82 Å². The highest BCUT2D eigenvalue weighted by Gasteiger charge is 2.34. The Labute approximate surface area is 121 Å². The van der Waals surface area contributed by atoms with Crippen molar-refractivity contribution in [3.8, 4) is 0 Å². The zero-order valence-corrected chi connectivity index (χ0v) is 13.0. The summed E-state index contributed by atoms with van der Waals surface area (Å²) in [4.78, 5) is 6.39. The number of hydrogen-bond donors (Lipinski definition) is 1. The van der Waals surface area contributed by atoms with Crippen LogP contribution in [0.3, 0.4) is 0 Å². The summed E-state index contributed by atoms with van der Waals surface area (Å²) < 4.78 is 14.6. The van der Waals surface area contributed by atoms with Crippen molar-refractivity contribution in [2.75, 3.05) is 18.0 Å². The average Bonchev–Trinajstić information content (AvgIpc) is 2.71. The Balaban J connectivity index is 2.15. The average molecular weight is 279 g/mol. The zero-order chi connectivity index (χ0) is 14.8. The molecule has 2 rings (SSSR count). The van der Waals surface area contributed by atoms with Crippen LogP contribution in [0.15, 0.2) is 12.3 Å². The van der Waals surface area contributed by atoms with E-state index in [4.69, 9.17) is 0 Å². The van der Waals surface area contributed by atoms with E-state index in [0.717, 1.165) is 25.9 Å². The molecule has 0 amide bonds. The Bertz CT molecular complexity index is 457. The van der Waals surface area contributed by atoms with Crippen LogP contribution in [0.2, 0.25) is 0 Å². The van der Waals surface area contributed by atoms with Crippen LogP contribution in [-0.4, -0.2) is 23.6 Å². The minimum Gasteiger partial charge on any atom is -0.349 e. The Kier molecular flexibility index (Phi) is 4.63. The smallest absolute Gasteiger partial charge is 0.170 e. The second-order valence-electron chi connectivity index (χ2n) is 6.70. The van der Waals surface area contributed by atoms with Crippen LogP contribution >= 0.6 is 0 Å². The summed E-state index contributed by atoms with van der Waals surface area (Å²) in [5, 5.41) is 3.29. The molecule has 1 N–H and O–H groups in total. The van der Waals surface area contributed by atoms with Crippen molar-refractivity contribution in [2.45, 2.75) is 52.6 Å². The van der Waals surface area contributed by atoms with Crippen molar-refractivity contribution in [2.24, 2.45) is 5.92 Å². The molecule has 0 bridgehead atoms. The van der Waals surface area contributed by atoms with Crippen LogP contribution < -0.4 is 10.2 Å². The van der Waals surface area contributed by atoms with Gasteiger partial charge >= 0.3 is 0 Å². The summed E-state index contributed by atoms with van der Waals surface area (Å²) in [6.45, 7) is 11.0. The molecular formula is C16H26FN3. The summed E-state index contributed by atoms with van der Waals surface area (Å²) in [5.41, 5.74) is 0.705. The van der Waals surface area contributed by atoms with Gasteiger partial charge in [0.25, 0.3) is 0 Å². The first-order valence-electron chi connectivity index (χ1n) is 7.53. The topological polar surface area (TPSA) is 28.2 Å². The molecule has 1 aromatic heterocycles. The van der Waals surface area contributed by atoms with Crippen molar-refractivity contribution in [1.82, 2.24) is 10.3 Å². The molecular weight excluding hydrogens is 253 g/mol. The van der Waals surface area contributed by atoms with E-state index < -0.39 is 0 Å². The molecule has 1 saturated heterocycles. The van der Waals surface area contributed by atoms with E-state index in [2.05, 4.69) is 42.9 Å². The molecule has 1 aliphatic rings. The minimum atomic E-state index is -0.168. The highest BCUT2D eigenvalue weighted by Crippen LogP contribution is 2.34. The third kappa shape index (κ3) is 3.29. The quantitative estimate of drug-likeness (QED) is 0.896. The lowest BCUT2D eigenvalue weighted by molar-refractivity contribution is 0.494. The molecule has 0 radical (unpaired) electrons. The Morgan fingerprint density at radius 3 is 2.80 bits per heavy atom. The van der Waals surface area contributed by atoms with Crippen LogP contribution in [0.5, 0.6) is 0 Å². The van der Waals surface area contributed by atoms with Crippen LogP contribution in [0.1, 0.15) is 46.1 Å². The van der Waals surface area contributed by atoms with Crippen LogP contribution in [0.4, 0.5) is 10.2 Å². The first kappa shape index (κ1) is 15.2. The number of nitrogens with zero attached hydrogens (tertiary/aromatic N) is 2. The number of aromatic nitrogens is 1. The fourth-order valence-electron chi connectivity index (χ4n) is 2.79. The molecule has 20 heavy (non-hydrogen) atoms. The highest BCUT2D eigenvalue weighted by molar-refractivity contribution is 5.46. The SMILES string of the molecule is CC(C)CNCc1ccnc(N2CCCC2(C)C)c1F. The van der Waals surface area contributed by atoms with Gasteiger partial charge in [-0.2, -0.15) is 0 Å². The van der Waals surface area contributed by atoms with Crippen molar-refractivity contribution < 1.29 is 4.39 Å². The summed E-state index contributed by atoms with van der Waals surface area (Å²) in [6.07, 6.45) is 3.91. The van der Waals surface area contributed by atoms with Gasteiger partial charge in [0.15, 0.2) is 11.6 Å². The second-order valence-corrected chi connectivity index (χ2v) is 6.70. The van der Waals surface area contributed by atoms with Crippen molar-refractivity contribution in [1.29, 1.82) is 0 Å².